The Morgan fingerprint density at radius 2 is 1.64 bits per heavy atom. The van der Waals surface area contributed by atoms with E-state index in [0.717, 1.165) is 16.4 Å². The van der Waals surface area contributed by atoms with Crippen molar-refractivity contribution in [2.45, 2.75) is 17.7 Å². The number of nitro groups is 1. The first-order valence-electron chi connectivity index (χ1n) is 7.96. The normalized spacial score (nSPS) is 11.0. The number of aromatic carboxylic acids is 1. The third kappa shape index (κ3) is 4.62. The Bertz CT molecular complexity index is 1000. The number of aliphatic carboxylic acids is 1. The Morgan fingerprint density at radius 1 is 1.04 bits per heavy atom. The zero-order chi connectivity index (χ0) is 20.9. The zero-order valence-corrected chi connectivity index (χ0v) is 15.2. The minimum absolute atomic E-state index is 0.0458. The monoisotopic (exact) mass is 408 g/mol. The molecule has 0 amide bonds. The largest absolute Gasteiger partial charge is 0.481 e. The number of para-hydroxylation sites is 1. The molecule has 2 aromatic rings. The molecule has 0 unspecified atom stereocenters. The van der Waals surface area contributed by atoms with Crippen molar-refractivity contribution < 1.29 is 33.1 Å². The van der Waals surface area contributed by atoms with Crippen LogP contribution in [-0.2, 0) is 14.8 Å². The predicted octanol–water partition coefficient (Wildman–Crippen LogP) is 2.35. The molecule has 0 saturated heterocycles. The smallest absolute Gasteiger partial charge is 0.335 e. The molecule has 28 heavy (non-hydrogen) atoms. The summed E-state index contributed by atoms with van der Waals surface area (Å²) in [4.78, 5) is 31.6. The highest BCUT2D eigenvalue weighted by Crippen LogP contribution is 2.30. The third-order valence-corrected chi connectivity index (χ3v) is 5.66. The number of carbonyl (C=O) groups is 2. The fraction of sp³-hybridized carbons (Fsp3) is 0.176. The average molecular weight is 408 g/mol. The van der Waals surface area contributed by atoms with Gasteiger partial charge in [-0.25, -0.2) is 13.2 Å². The van der Waals surface area contributed by atoms with Crippen LogP contribution < -0.4 is 4.31 Å². The van der Waals surface area contributed by atoms with E-state index in [1.807, 2.05) is 0 Å². The Morgan fingerprint density at radius 3 is 2.18 bits per heavy atom. The lowest BCUT2D eigenvalue weighted by molar-refractivity contribution is -0.387. The number of anilines is 1. The number of nitro benzene ring substituents is 1. The minimum Gasteiger partial charge on any atom is -0.481 e. The summed E-state index contributed by atoms with van der Waals surface area (Å²) < 4.78 is 27.1. The lowest BCUT2D eigenvalue weighted by Crippen LogP contribution is -2.32. The number of benzene rings is 2. The van der Waals surface area contributed by atoms with Crippen LogP contribution in [-0.4, -0.2) is 42.0 Å². The van der Waals surface area contributed by atoms with Gasteiger partial charge in [0.05, 0.1) is 16.2 Å². The van der Waals surface area contributed by atoms with Crippen LogP contribution in [0.25, 0.3) is 0 Å². The van der Waals surface area contributed by atoms with Crippen molar-refractivity contribution in [1.82, 2.24) is 0 Å². The van der Waals surface area contributed by atoms with Crippen LogP contribution >= 0.6 is 0 Å². The Kier molecular flexibility index (Phi) is 6.31. The molecule has 0 aromatic heterocycles. The van der Waals surface area contributed by atoms with E-state index in [1.165, 1.54) is 36.4 Å². The van der Waals surface area contributed by atoms with E-state index in [4.69, 9.17) is 10.2 Å². The van der Waals surface area contributed by atoms with Crippen molar-refractivity contribution in [3.63, 3.8) is 0 Å². The second-order valence-electron chi connectivity index (χ2n) is 5.65. The maximum Gasteiger partial charge on any atom is 0.335 e. The fourth-order valence-electron chi connectivity index (χ4n) is 2.48. The number of rotatable bonds is 9. The highest BCUT2D eigenvalue weighted by atomic mass is 32.2. The highest BCUT2D eigenvalue weighted by Gasteiger charge is 2.31. The summed E-state index contributed by atoms with van der Waals surface area (Å²) in [6.07, 6.45) is -0.355. The summed E-state index contributed by atoms with van der Waals surface area (Å²) in [7, 11) is -4.41. The molecule has 0 atom stereocenters. The molecule has 0 aliphatic rings. The van der Waals surface area contributed by atoms with Crippen molar-refractivity contribution in [3.8, 4) is 0 Å². The van der Waals surface area contributed by atoms with E-state index in [-0.39, 0.29) is 30.6 Å². The quantitative estimate of drug-likeness (QED) is 0.473. The van der Waals surface area contributed by atoms with Crippen molar-refractivity contribution >= 4 is 33.3 Å². The average Bonchev–Trinajstić information content (AvgIpc) is 2.65. The molecule has 0 heterocycles. The SMILES string of the molecule is O=C(O)CCCN(c1ccc(C(=O)O)cc1)S(=O)(=O)c1ccccc1[N+](=O)[O-]. The molecule has 0 radical (unpaired) electrons. The van der Waals surface area contributed by atoms with Crippen LogP contribution in [0.15, 0.2) is 53.4 Å². The van der Waals surface area contributed by atoms with Crippen molar-refractivity contribution in [3.05, 3.63) is 64.2 Å². The Hall–Kier alpha value is -3.47. The van der Waals surface area contributed by atoms with Crippen molar-refractivity contribution in [2.75, 3.05) is 10.8 Å². The molecule has 0 aliphatic carbocycles. The second kappa shape index (κ2) is 8.48. The molecule has 0 spiro atoms. The molecule has 0 bridgehead atoms. The molecule has 10 nitrogen and oxygen atoms in total. The van der Waals surface area contributed by atoms with E-state index in [2.05, 4.69) is 0 Å². The molecule has 0 fully saturated rings. The standard InChI is InChI=1S/C17H16N2O8S/c20-16(21)6-3-11-18(13-9-7-12(8-10-13)17(22)23)28(26,27)15-5-2-1-4-14(15)19(24)25/h1-2,4-5,7-10H,3,6,11H2,(H,20,21)(H,22,23). The van der Waals surface area contributed by atoms with Gasteiger partial charge in [0.25, 0.3) is 15.7 Å². The molecular weight excluding hydrogens is 392 g/mol. The van der Waals surface area contributed by atoms with Crippen molar-refractivity contribution in [1.29, 1.82) is 0 Å². The van der Waals surface area contributed by atoms with E-state index in [1.54, 1.807) is 0 Å². The van der Waals surface area contributed by atoms with Gasteiger partial charge in [0.15, 0.2) is 4.90 Å². The molecule has 2 rings (SSSR count). The second-order valence-corrected chi connectivity index (χ2v) is 7.48. The maximum atomic E-state index is 13.1. The van der Waals surface area contributed by atoms with E-state index in [0.29, 0.717) is 0 Å². The number of carboxylic acids is 2. The van der Waals surface area contributed by atoms with Gasteiger partial charge >= 0.3 is 11.9 Å². The summed E-state index contributed by atoms with van der Waals surface area (Å²) in [6.45, 7) is -0.257. The number of hydrogen-bond acceptors (Lipinski definition) is 6. The van der Waals surface area contributed by atoms with Gasteiger partial charge in [-0.15, -0.1) is 0 Å². The summed E-state index contributed by atoms with van der Waals surface area (Å²) in [5.74, 6) is -2.32. The van der Waals surface area contributed by atoms with Gasteiger partial charge in [0.2, 0.25) is 0 Å². The van der Waals surface area contributed by atoms with Crippen LogP contribution in [0.2, 0.25) is 0 Å². The van der Waals surface area contributed by atoms with E-state index < -0.39 is 37.5 Å². The lowest BCUT2D eigenvalue weighted by atomic mass is 10.2. The number of nitrogens with zero attached hydrogens (tertiary/aromatic N) is 2. The summed E-state index contributed by atoms with van der Waals surface area (Å²) >= 11 is 0. The van der Waals surface area contributed by atoms with Gasteiger partial charge in [0, 0.05) is 19.0 Å². The molecule has 0 saturated carbocycles. The molecule has 2 N–H and O–H groups in total. The predicted molar refractivity (Wildman–Crippen MR) is 97.9 cm³/mol. The van der Waals surface area contributed by atoms with Crippen LogP contribution in [0.4, 0.5) is 11.4 Å². The van der Waals surface area contributed by atoms with Crippen LogP contribution in [0, 0.1) is 10.1 Å². The van der Waals surface area contributed by atoms with Gasteiger partial charge in [-0.2, -0.15) is 0 Å². The van der Waals surface area contributed by atoms with Crippen LogP contribution in [0.5, 0.6) is 0 Å². The number of carboxylic acid groups (broad SMARTS) is 2. The van der Waals surface area contributed by atoms with Gasteiger partial charge in [-0.3, -0.25) is 19.2 Å². The van der Waals surface area contributed by atoms with E-state index >= 15 is 0 Å². The lowest BCUT2D eigenvalue weighted by Gasteiger charge is -2.24. The minimum atomic E-state index is -4.41. The van der Waals surface area contributed by atoms with Gasteiger partial charge in [-0.1, -0.05) is 12.1 Å². The fourth-order valence-corrected chi connectivity index (χ4v) is 4.14. The molecule has 11 heteroatoms. The summed E-state index contributed by atoms with van der Waals surface area (Å²) in [6, 6.07) is 9.68. The number of hydrogen-bond donors (Lipinski definition) is 2. The molecule has 2 aromatic carbocycles. The topological polar surface area (TPSA) is 155 Å². The first-order valence-corrected chi connectivity index (χ1v) is 9.40. The third-order valence-electron chi connectivity index (χ3n) is 3.78. The van der Waals surface area contributed by atoms with Gasteiger partial charge in [0.1, 0.15) is 0 Å². The Labute approximate surface area is 159 Å². The van der Waals surface area contributed by atoms with Crippen LogP contribution in [0.1, 0.15) is 23.2 Å². The van der Waals surface area contributed by atoms with Crippen molar-refractivity contribution in [2.24, 2.45) is 0 Å². The van der Waals surface area contributed by atoms with E-state index in [9.17, 15) is 28.1 Å². The molecular formula is C17H16N2O8S. The van der Waals surface area contributed by atoms with Gasteiger partial charge in [-0.05, 0) is 36.8 Å². The van der Waals surface area contributed by atoms with Gasteiger partial charge < -0.3 is 10.2 Å². The Balaban J connectivity index is 2.52. The highest BCUT2D eigenvalue weighted by molar-refractivity contribution is 7.93. The zero-order valence-electron chi connectivity index (χ0n) is 14.4. The molecule has 0 aliphatic heterocycles. The summed E-state index contributed by atoms with van der Waals surface area (Å²) in [5.41, 5.74) is -0.626. The number of sulfonamides is 1. The first kappa shape index (κ1) is 20.8. The first-order chi connectivity index (χ1) is 13.1. The summed E-state index contributed by atoms with van der Waals surface area (Å²) in [5, 5.41) is 29.0. The maximum absolute atomic E-state index is 13.1. The molecule has 148 valence electrons. The van der Waals surface area contributed by atoms with Crippen LogP contribution in [0.3, 0.4) is 0 Å².